The monoisotopic (exact) mass is 387 g/mol. The van der Waals surface area contributed by atoms with Gasteiger partial charge in [0.15, 0.2) is 5.96 Å². The fourth-order valence-electron chi connectivity index (χ4n) is 2.97. The Hall–Kier alpha value is -2.54. The number of hydrogen-bond acceptors (Lipinski definition) is 4. The molecule has 1 heterocycles. The van der Waals surface area contributed by atoms with Gasteiger partial charge in [-0.3, -0.25) is 9.67 Å². The Morgan fingerprint density at radius 2 is 1.89 bits per heavy atom. The summed E-state index contributed by atoms with van der Waals surface area (Å²) in [5.41, 5.74) is 5.66. The number of nitrogens with one attached hydrogen (secondary N) is 2. The van der Waals surface area contributed by atoms with E-state index in [1.807, 2.05) is 18.7 Å². The summed E-state index contributed by atoms with van der Waals surface area (Å²) in [6, 6.07) is 6.26. The number of ether oxygens (including phenoxy) is 2. The van der Waals surface area contributed by atoms with Crippen LogP contribution in [0.4, 0.5) is 0 Å². The molecule has 0 aliphatic heterocycles. The average molecular weight is 388 g/mol. The zero-order valence-electron chi connectivity index (χ0n) is 17.9. The van der Waals surface area contributed by atoms with Crippen LogP contribution >= 0.6 is 0 Å². The van der Waals surface area contributed by atoms with Crippen LogP contribution in [0.2, 0.25) is 0 Å². The fraction of sp³-hybridized carbons (Fsp3) is 0.524. The van der Waals surface area contributed by atoms with E-state index in [4.69, 9.17) is 9.47 Å². The molecule has 0 radical (unpaired) electrons. The van der Waals surface area contributed by atoms with Crippen LogP contribution in [0.25, 0.3) is 0 Å². The first-order chi connectivity index (χ1) is 13.5. The second-order valence-corrected chi connectivity index (χ2v) is 6.86. The Balaban J connectivity index is 1.95. The van der Waals surface area contributed by atoms with Gasteiger partial charge in [0.1, 0.15) is 5.75 Å². The van der Waals surface area contributed by atoms with Gasteiger partial charge in [0.25, 0.3) is 0 Å². The molecule has 0 aliphatic carbocycles. The lowest BCUT2D eigenvalue weighted by Crippen LogP contribution is -2.36. The number of guanidine groups is 1. The maximum atomic E-state index is 5.96. The van der Waals surface area contributed by atoms with Crippen molar-refractivity contribution in [2.24, 2.45) is 12.0 Å². The van der Waals surface area contributed by atoms with Crippen LogP contribution in [0.5, 0.6) is 5.75 Å². The standard InChI is InChI=1S/C21H33N5O2/c1-15-8-9-18(20(12-15)28-11-7-10-27-6)13-23-21(22-4)24-14-19-16(2)25-26(5)17(19)3/h8-9,12H,7,10-11,13-14H2,1-6H3,(H2,22,23,24). The second kappa shape index (κ2) is 10.7. The molecule has 1 aromatic carbocycles. The van der Waals surface area contributed by atoms with Crippen molar-refractivity contribution in [3.05, 3.63) is 46.3 Å². The quantitative estimate of drug-likeness (QED) is 0.393. The maximum Gasteiger partial charge on any atom is 0.191 e. The van der Waals surface area contributed by atoms with E-state index in [9.17, 15) is 0 Å². The normalized spacial score (nSPS) is 11.6. The average Bonchev–Trinajstić information content (AvgIpc) is 2.92. The molecule has 0 fully saturated rings. The molecular formula is C21H33N5O2. The molecular weight excluding hydrogens is 354 g/mol. The number of nitrogens with zero attached hydrogens (tertiary/aromatic N) is 3. The van der Waals surface area contributed by atoms with Crippen molar-refractivity contribution in [3.63, 3.8) is 0 Å². The lowest BCUT2D eigenvalue weighted by Gasteiger charge is -2.15. The van der Waals surface area contributed by atoms with E-state index in [0.717, 1.165) is 35.1 Å². The van der Waals surface area contributed by atoms with E-state index in [1.54, 1.807) is 14.2 Å². The zero-order chi connectivity index (χ0) is 20.5. The van der Waals surface area contributed by atoms with Gasteiger partial charge in [0.05, 0.1) is 12.3 Å². The van der Waals surface area contributed by atoms with Gasteiger partial charge in [0, 0.05) is 64.1 Å². The Labute approximate surface area is 168 Å². The van der Waals surface area contributed by atoms with Crippen LogP contribution in [-0.2, 0) is 24.9 Å². The summed E-state index contributed by atoms with van der Waals surface area (Å²) in [5.74, 6) is 1.64. The number of rotatable bonds is 9. The van der Waals surface area contributed by atoms with E-state index >= 15 is 0 Å². The first-order valence-electron chi connectivity index (χ1n) is 9.61. The highest BCUT2D eigenvalue weighted by atomic mass is 16.5. The minimum Gasteiger partial charge on any atom is -0.493 e. The topological polar surface area (TPSA) is 72.7 Å². The van der Waals surface area contributed by atoms with Crippen LogP contribution in [0.1, 0.15) is 34.5 Å². The van der Waals surface area contributed by atoms with Crippen LogP contribution in [-0.4, -0.2) is 43.1 Å². The third-order valence-electron chi connectivity index (χ3n) is 4.73. The van der Waals surface area contributed by atoms with Gasteiger partial charge in [-0.25, -0.2) is 0 Å². The van der Waals surface area contributed by atoms with E-state index < -0.39 is 0 Å². The molecule has 28 heavy (non-hydrogen) atoms. The van der Waals surface area contributed by atoms with E-state index in [-0.39, 0.29) is 0 Å². The smallest absolute Gasteiger partial charge is 0.191 e. The third kappa shape index (κ3) is 5.99. The predicted molar refractivity (Wildman–Crippen MR) is 113 cm³/mol. The van der Waals surface area contributed by atoms with Crippen LogP contribution < -0.4 is 15.4 Å². The minimum atomic E-state index is 0.630. The molecule has 1 aromatic heterocycles. The SMILES string of the molecule is CN=C(NCc1ccc(C)cc1OCCCOC)NCc1c(C)nn(C)c1C. The number of benzene rings is 1. The van der Waals surface area contributed by atoms with Crippen molar-refractivity contribution < 1.29 is 9.47 Å². The number of aromatic nitrogens is 2. The largest absolute Gasteiger partial charge is 0.493 e. The molecule has 0 aliphatic rings. The molecule has 2 rings (SSSR count). The van der Waals surface area contributed by atoms with Gasteiger partial charge in [0.2, 0.25) is 0 Å². The molecule has 0 bridgehead atoms. The molecule has 0 amide bonds. The Morgan fingerprint density at radius 3 is 2.54 bits per heavy atom. The highest BCUT2D eigenvalue weighted by Crippen LogP contribution is 2.20. The Morgan fingerprint density at radius 1 is 1.14 bits per heavy atom. The van der Waals surface area contributed by atoms with E-state index in [0.29, 0.717) is 26.3 Å². The van der Waals surface area contributed by atoms with Crippen molar-refractivity contribution in [2.45, 2.75) is 40.3 Å². The second-order valence-electron chi connectivity index (χ2n) is 6.86. The lowest BCUT2D eigenvalue weighted by molar-refractivity contribution is 0.171. The maximum absolute atomic E-state index is 5.96. The highest BCUT2D eigenvalue weighted by molar-refractivity contribution is 5.79. The van der Waals surface area contributed by atoms with Crippen molar-refractivity contribution in [1.29, 1.82) is 0 Å². The number of aryl methyl sites for hydroxylation is 3. The van der Waals surface area contributed by atoms with Gasteiger partial charge in [-0.15, -0.1) is 0 Å². The highest BCUT2D eigenvalue weighted by Gasteiger charge is 2.10. The summed E-state index contributed by atoms with van der Waals surface area (Å²) in [4.78, 5) is 4.33. The predicted octanol–water partition coefficient (Wildman–Crippen LogP) is 2.63. The van der Waals surface area contributed by atoms with Gasteiger partial charge in [-0.1, -0.05) is 12.1 Å². The lowest BCUT2D eigenvalue weighted by atomic mass is 10.1. The van der Waals surface area contributed by atoms with Gasteiger partial charge >= 0.3 is 0 Å². The summed E-state index contributed by atoms with van der Waals surface area (Å²) in [6.07, 6.45) is 0.865. The Kier molecular flexibility index (Phi) is 8.32. The first-order valence-corrected chi connectivity index (χ1v) is 9.61. The summed E-state index contributed by atoms with van der Waals surface area (Å²) in [6.45, 7) is 8.81. The van der Waals surface area contributed by atoms with Crippen molar-refractivity contribution in [3.8, 4) is 5.75 Å². The van der Waals surface area contributed by atoms with Crippen LogP contribution in [0.15, 0.2) is 23.2 Å². The summed E-state index contributed by atoms with van der Waals surface area (Å²) in [5, 5.41) is 11.2. The molecule has 0 saturated heterocycles. The van der Waals surface area contributed by atoms with E-state index in [2.05, 4.69) is 52.8 Å². The molecule has 0 atom stereocenters. The first kappa shape index (κ1) is 21.8. The molecule has 0 spiro atoms. The Bertz CT molecular complexity index is 798. The van der Waals surface area contributed by atoms with Crippen molar-refractivity contribution >= 4 is 5.96 Å². The number of methoxy groups -OCH3 is 1. The zero-order valence-corrected chi connectivity index (χ0v) is 17.9. The van der Waals surface area contributed by atoms with Gasteiger partial charge in [-0.2, -0.15) is 5.10 Å². The fourth-order valence-corrected chi connectivity index (χ4v) is 2.97. The van der Waals surface area contributed by atoms with Crippen molar-refractivity contribution in [1.82, 2.24) is 20.4 Å². The van der Waals surface area contributed by atoms with Crippen molar-refractivity contribution in [2.75, 3.05) is 27.4 Å². The molecule has 7 heteroatoms. The van der Waals surface area contributed by atoms with E-state index in [1.165, 1.54) is 11.1 Å². The summed E-state index contributed by atoms with van der Waals surface area (Å²) < 4.78 is 12.9. The van der Waals surface area contributed by atoms with Crippen LogP contribution in [0.3, 0.4) is 0 Å². The molecule has 0 saturated carbocycles. The minimum absolute atomic E-state index is 0.630. The summed E-state index contributed by atoms with van der Waals surface area (Å²) in [7, 11) is 5.44. The molecule has 2 aromatic rings. The molecule has 2 N–H and O–H groups in total. The van der Waals surface area contributed by atoms with Crippen LogP contribution in [0, 0.1) is 20.8 Å². The van der Waals surface area contributed by atoms with Gasteiger partial charge < -0.3 is 20.1 Å². The molecule has 7 nitrogen and oxygen atoms in total. The summed E-state index contributed by atoms with van der Waals surface area (Å²) >= 11 is 0. The number of aliphatic imine (C=N–C) groups is 1. The van der Waals surface area contributed by atoms with Gasteiger partial charge in [-0.05, 0) is 32.4 Å². The molecule has 0 unspecified atom stereocenters. The third-order valence-corrected chi connectivity index (χ3v) is 4.73. The number of hydrogen-bond donors (Lipinski definition) is 2. The molecule has 154 valence electrons.